The maximum absolute atomic E-state index is 2.48. The normalized spacial score (nSPS) is 11.8. The van der Waals surface area contributed by atoms with E-state index in [1.54, 1.807) is 0 Å². The van der Waals surface area contributed by atoms with Crippen molar-refractivity contribution in [2.75, 3.05) is 4.90 Å². The Balaban J connectivity index is 1.17. The lowest BCUT2D eigenvalue weighted by Gasteiger charge is -2.30. The molecule has 50 heavy (non-hydrogen) atoms. The molecule has 1 aliphatic carbocycles. The Bertz CT molecular complexity index is 2580. The third-order valence-electron chi connectivity index (χ3n) is 10.6. The van der Waals surface area contributed by atoms with Crippen LogP contribution < -0.4 is 4.90 Å². The molecule has 0 amide bonds. The number of hydrogen-bond donors (Lipinski definition) is 0. The average Bonchev–Trinajstić information content (AvgIpc) is 3.15. The first kappa shape index (κ1) is 30.2. The summed E-state index contributed by atoms with van der Waals surface area (Å²) in [6, 6.07) is 58.6. The van der Waals surface area contributed by atoms with E-state index in [4.69, 9.17) is 0 Å². The van der Waals surface area contributed by atoms with Gasteiger partial charge in [0.25, 0.3) is 0 Å². The molecule has 0 unspecified atom stereocenters. The average molecular weight is 642 g/mol. The SMILES string of the molecule is Cc1ccc(-c2ccccc2)cc1N(c1ccc2cc3c(cc2c1)-c1cc2ccc(-c4ccccc4)cc2cc1-3)c1cc(C(C)C)ccc1C. The van der Waals surface area contributed by atoms with Crippen LogP contribution in [0.3, 0.4) is 0 Å². The number of hydrogen-bond acceptors (Lipinski definition) is 1. The van der Waals surface area contributed by atoms with Gasteiger partial charge in [-0.05, 0) is 157 Å². The van der Waals surface area contributed by atoms with Crippen molar-refractivity contribution >= 4 is 38.6 Å². The Morgan fingerprint density at radius 3 is 1.46 bits per heavy atom. The highest BCUT2D eigenvalue weighted by Crippen LogP contribution is 2.51. The predicted octanol–water partition coefficient (Wildman–Crippen LogP) is 14.2. The molecule has 9 rings (SSSR count). The lowest BCUT2D eigenvalue weighted by Crippen LogP contribution is -2.13. The minimum atomic E-state index is 0.435. The lowest BCUT2D eigenvalue weighted by atomic mass is 9.77. The molecule has 0 radical (unpaired) electrons. The summed E-state index contributed by atoms with van der Waals surface area (Å²) in [4.78, 5) is 2.48. The van der Waals surface area contributed by atoms with Crippen molar-refractivity contribution in [2.24, 2.45) is 0 Å². The van der Waals surface area contributed by atoms with E-state index in [0.717, 1.165) is 0 Å². The highest BCUT2D eigenvalue weighted by atomic mass is 15.1. The van der Waals surface area contributed by atoms with Gasteiger partial charge in [-0.3, -0.25) is 0 Å². The Morgan fingerprint density at radius 2 is 0.860 bits per heavy atom. The standard InChI is InChI=1S/C49H39N/c1-31(2)36-17-15-32(3)48(29-36)50(49-30-40(18-16-33(49)4)35-13-9-6-10-14-35)43-22-21-39-26-45-46-27-41-23-37(34-11-7-5-8-12-34)19-20-38(41)25-44(46)47(45)28-42(39)24-43/h5-31H,1-4H3. The first-order valence-electron chi connectivity index (χ1n) is 17.7. The van der Waals surface area contributed by atoms with E-state index in [1.807, 2.05) is 0 Å². The second-order valence-corrected chi connectivity index (χ2v) is 14.2. The summed E-state index contributed by atoms with van der Waals surface area (Å²) in [6.45, 7) is 9.01. The first-order valence-corrected chi connectivity index (χ1v) is 17.7. The summed E-state index contributed by atoms with van der Waals surface area (Å²) in [7, 11) is 0. The molecule has 0 saturated carbocycles. The second-order valence-electron chi connectivity index (χ2n) is 14.2. The third kappa shape index (κ3) is 5.09. The van der Waals surface area contributed by atoms with E-state index in [1.165, 1.54) is 99.8 Å². The minimum Gasteiger partial charge on any atom is -0.310 e. The molecule has 240 valence electrons. The van der Waals surface area contributed by atoms with E-state index in [0.29, 0.717) is 5.92 Å². The fourth-order valence-electron chi connectivity index (χ4n) is 7.66. The predicted molar refractivity (Wildman–Crippen MR) is 215 cm³/mol. The van der Waals surface area contributed by atoms with Crippen LogP contribution in [0.15, 0.2) is 158 Å². The second kappa shape index (κ2) is 11.9. The Morgan fingerprint density at radius 1 is 0.380 bits per heavy atom. The van der Waals surface area contributed by atoms with Crippen molar-refractivity contribution in [2.45, 2.75) is 33.6 Å². The molecular formula is C49H39N. The van der Waals surface area contributed by atoms with Crippen LogP contribution >= 0.6 is 0 Å². The van der Waals surface area contributed by atoms with Gasteiger partial charge in [0.2, 0.25) is 0 Å². The number of rotatable bonds is 6. The van der Waals surface area contributed by atoms with E-state index in [2.05, 4.69) is 190 Å². The highest BCUT2D eigenvalue weighted by molar-refractivity contribution is 6.12. The fraction of sp³-hybridized carbons (Fsp3) is 0.102. The molecule has 0 spiro atoms. The largest absolute Gasteiger partial charge is 0.310 e. The summed E-state index contributed by atoms with van der Waals surface area (Å²) in [5.74, 6) is 0.435. The summed E-state index contributed by atoms with van der Waals surface area (Å²) in [5, 5.41) is 5.09. The number of nitrogens with zero attached hydrogens (tertiary/aromatic N) is 1. The van der Waals surface area contributed by atoms with Crippen LogP contribution in [0, 0.1) is 13.8 Å². The number of benzene rings is 8. The summed E-state index contributed by atoms with van der Waals surface area (Å²) >= 11 is 0. The summed E-state index contributed by atoms with van der Waals surface area (Å²) < 4.78 is 0. The number of anilines is 3. The molecule has 0 N–H and O–H groups in total. The van der Waals surface area contributed by atoms with Gasteiger partial charge in [-0.1, -0.05) is 117 Å². The maximum atomic E-state index is 2.48. The number of aryl methyl sites for hydroxylation is 2. The van der Waals surface area contributed by atoms with Gasteiger partial charge in [0, 0.05) is 17.1 Å². The smallest absolute Gasteiger partial charge is 0.0497 e. The van der Waals surface area contributed by atoms with Gasteiger partial charge in [-0.25, -0.2) is 0 Å². The van der Waals surface area contributed by atoms with Gasteiger partial charge in [-0.2, -0.15) is 0 Å². The third-order valence-corrected chi connectivity index (χ3v) is 10.6. The molecule has 0 aromatic heterocycles. The lowest BCUT2D eigenvalue weighted by molar-refractivity contribution is 0.865. The van der Waals surface area contributed by atoms with Crippen molar-refractivity contribution in [3.63, 3.8) is 0 Å². The van der Waals surface area contributed by atoms with Crippen LogP contribution in [0.5, 0.6) is 0 Å². The molecule has 8 aromatic rings. The van der Waals surface area contributed by atoms with Gasteiger partial charge in [0.05, 0.1) is 0 Å². The number of fused-ring (bicyclic) bond motifs is 6. The van der Waals surface area contributed by atoms with Gasteiger partial charge < -0.3 is 4.90 Å². The van der Waals surface area contributed by atoms with Crippen molar-refractivity contribution in [3.8, 4) is 44.5 Å². The zero-order chi connectivity index (χ0) is 33.9. The van der Waals surface area contributed by atoms with Crippen LogP contribution in [0.2, 0.25) is 0 Å². The molecular weight excluding hydrogens is 603 g/mol. The zero-order valence-electron chi connectivity index (χ0n) is 29.0. The van der Waals surface area contributed by atoms with Crippen LogP contribution in [0.4, 0.5) is 17.1 Å². The van der Waals surface area contributed by atoms with Crippen molar-refractivity contribution in [1.82, 2.24) is 0 Å². The van der Waals surface area contributed by atoms with Crippen molar-refractivity contribution in [3.05, 3.63) is 174 Å². The molecule has 8 aromatic carbocycles. The van der Waals surface area contributed by atoms with Crippen LogP contribution in [0.1, 0.15) is 36.5 Å². The van der Waals surface area contributed by atoms with Gasteiger partial charge in [-0.15, -0.1) is 0 Å². The fourth-order valence-corrected chi connectivity index (χ4v) is 7.66. The van der Waals surface area contributed by atoms with Crippen molar-refractivity contribution in [1.29, 1.82) is 0 Å². The topological polar surface area (TPSA) is 3.24 Å². The maximum Gasteiger partial charge on any atom is 0.0497 e. The van der Waals surface area contributed by atoms with Crippen molar-refractivity contribution < 1.29 is 0 Å². The molecule has 1 heteroatoms. The zero-order valence-corrected chi connectivity index (χ0v) is 29.0. The first-order chi connectivity index (χ1) is 24.4. The summed E-state index contributed by atoms with van der Waals surface area (Å²) in [6.07, 6.45) is 0. The van der Waals surface area contributed by atoms with E-state index >= 15 is 0 Å². The molecule has 0 heterocycles. The van der Waals surface area contributed by atoms with Crippen LogP contribution in [-0.4, -0.2) is 0 Å². The Kier molecular flexibility index (Phi) is 7.18. The quantitative estimate of drug-likeness (QED) is 0.175. The molecule has 0 atom stereocenters. The summed E-state index contributed by atoms with van der Waals surface area (Å²) in [5.41, 5.74) is 17.8. The molecule has 1 nitrogen and oxygen atoms in total. The van der Waals surface area contributed by atoms with Gasteiger partial charge in [0.15, 0.2) is 0 Å². The molecule has 0 bridgehead atoms. The Hall–Kier alpha value is -5.92. The van der Waals surface area contributed by atoms with Gasteiger partial charge in [0.1, 0.15) is 0 Å². The van der Waals surface area contributed by atoms with E-state index in [9.17, 15) is 0 Å². The molecule has 0 aliphatic heterocycles. The van der Waals surface area contributed by atoms with Crippen LogP contribution in [0.25, 0.3) is 66.1 Å². The van der Waals surface area contributed by atoms with Gasteiger partial charge >= 0.3 is 0 Å². The van der Waals surface area contributed by atoms with E-state index < -0.39 is 0 Å². The molecule has 0 fully saturated rings. The highest BCUT2D eigenvalue weighted by Gasteiger charge is 2.25. The minimum absolute atomic E-state index is 0.435. The Labute approximate surface area is 295 Å². The molecule has 0 saturated heterocycles. The molecule has 1 aliphatic rings. The monoisotopic (exact) mass is 641 g/mol. The van der Waals surface area contributed by atoms with Crippen LogP contribution in [-0.2, 0) is 0 Å². The van der Waals surface area contributed by atoms with E-state index in [-0.39, 0.29) is 0 Å².